The summed E-state index contributed by atoms with van der Waals surface area (Å²) in [6.45, 7) is 1.88. The quantitative estimate of drug-likeness (QED) is 0.497. The minimum Gasteiger partial charge on any atom is -0.496 e. The Bertz CT molecular complexity index is 917. The normalized spacial score (nSPS) is 10.8. The molecule has 0 unspecified atom stereocenters. The maximum atomic E-state index is 11.9. The number of methoxy groups -OCH3 is 1. The van der Waals surface area contributed by atoms with Crippen LogP contribution in [0.1, 0.15) is 17.0 Å². The van der Waals surface area contributed by atoms with Crippen molar-refractivity contribution in [2.45, 2.75) is 13.5 Å². The van der Waals surface area contributed by atoms with Gasteiger partial charge in [0.15, 0.2) is 6.61 Å². The highest BCUT2D eigenvalue weighted by Gasteiger charge is 2.10. The first-order valence-corrected chi connectivity index (χ1v) is 8.03. The maximum Gasteiger partial charge on any atom is 0.331 e. The second kappa shape index (κ2) is 8.11. The van der Waals surface area contributed by atoms with Gasteiger partial charge in [-0.1, -0.05) is 29.8 Å². The zero-order chi connectivity index (χ0) is 18.4. The smallest absolute Gasteiger partial charge is 0.331 e. The van der Waals surface area contributed by atoms with E-state index in [9.17, 15) is 4.79 Å². The Morgan fingerprint density at radius 1 is 1.15 bits per heavy atom. The van der Waals surface area contributed by atoms with Gasteiger partial charge >= 0.3 is 5.97 Å². The molecule has 2 aromatic carbocycles. The molecule has 0 saturated carbocycles. The van der Waals surface area contributed by atoms with Gasteiger partial charge < -0.3 is 13.9 Å². The zero-order valence-corrected chi connectivity index (χ0v) is 14.5. The molecule has 3 rings (SSSR count). The number of hydrogen-bond acceptors (Lipinski definition) is 6. The van der Waals surface area contributed by atoms with Gasteiger partial charge in [-0.25, -0.2) is 4.79 Å². The number of hydrogen-bond donors (Lipinski definition) is 0. The third kappa shape index (κ3) is 4.36. The number of carbonyl (C=O) groups excluding carboxylic acids is 1. The molecule has 0 atom stereocenters. The van der Waals surface area contributed by atoms with Crippen molar-refractivity contribution in [1.29, 1.82) is 0 Å². The highest BCUT2D eigenvalue weighted by atomic mass is 16.5. The van der Waals surface area contributed by atoms with Gasteiger partial charge in [0.2, 0.25) is 5.89 Å². The summed E-state index contributed by atoms with van der Waals surface area (Å²) in [5.41, 5.74) is 2.68. The minimum absolute atomic E-state index is 0.0893. The Hall–Kier alpha value is -3.41. The highest BCUT2D eigenvalue weighted by molar-refractivity contribution is 5.87. The molecule has 132 valence electrons. The Kier molecular flexibility index (Phi) is 5.43. The van der Waals surface area contributed by atoms with Crippen LogP contribution >= 0.6 is 0 Å². The van der Waals surface area contributed by atoms with E-state index in [-0.39, 0.29) is 12.5 Å². The first kappa shape index (κ1) is 17.4. The third-order valence-electron chi connectivity index (χ3n) is 3.61. The number of benzene rings is 2. The third-order valence-corrected chi connectivity index (χ3v) is 3.61. The monoisotopic (exact) mass is 350 g/mol. The average molecular weight is 350 g/mol. The number of aryl methyl sites for hydroxylation is 1. The molecule has 6 heteroatoms. The fourth-order valence-electron chi connectivity index (χ4n) is 2.33. The molecule has 1 aromatic heterocycles. The molecule has 0 aliphatic rings. The van der Waals surface area contributed by atoms with E-state index >= 15 is 0 Å². The molecule has 1 heterocycles. The van der Waals surface area contributed by atoms with E-state index in [1.54, 1.807) is 13.2 Å². The number of ether oxygens (including phenoxy) is 2. The van der Waals surface area contributed by atoms with E-state index in [2.05, 4.69) is 10.2 Å². The lowest BCUT2D eigenvalue weighted by atomic mass is 10.1. The zero-order valence-electron chi connectivity index (χ0n) is 14.5. The molecule has 6 nitrogen and oxygen atoms in total. The van der Waals surface area contributed by atoms with E-state index in [0.29, 0.717) is 11.6 Å². The lowest BCUT2D eigenvalue weighted by Gasteiger charge is -2.05. The Morgan fingerprint density at radius 3 is 2.73 bits per heavy atom. The van der Waals surface area contributed by atoms with Crippen molar-refractivity contribution in [3.63, 3.8) is 0 Å². The Morgan fingerprint density at radius 2 is 1.96 bits per heavy atom. The molecular formula is C20H18N2O4. The van der Waals surface area contributed by atoms with Crippen molar-refractivity contribution >= 4 is 12.0 Å². The van der Waals surface area contributed by atoms with Gasteiger partial charge in [-0.05, 0) is 37.3 Å². The summed E-state index contributed by atoms with van der Waals surface area (Å²) in [5, 5.41) is 7.83. The van der Waals surface area contributed by atoms with E-state index < -0.39 is 5.97 Å². The Labute approximate surface area is 151 Å². The number of rotatable bonds is 6. The van der Waals surface area contributed by atoms with Crippen LogP contribution in [-0.2, 0) is 16.1 Å². The molecule has 0 radical (unpaired) electrons. The maximum absolute atomic E-state index is 11.9. The van der Waals surface area contributed by atoms with Crippen LogP contribution in [0.2, 0.25) is 0 Å². The molecular weight excluding hydrogens is 332 g/mol. The molecule has 0 aliphatic carbocycles. The number of nitrogens with zero attached hydrogens (tertiary/aromatic N) is 2. The van der Waals surface area contributed by atoms with Crippen molar-refractivity contribution in [2.75, 3.05) is 7.11 Å². The van der Waals surface area contributed by atoms with E-state index in [1.807, 2.05) is 55.5 Å². The topological polar surface area (TPSA) is 74.5 Å². The molecule has 0 bridgehead atoms. The number of carbonyl (C=O) groups is 1. The second-order valence-electron chi connectivity index (χ2n) is 5.55. The van der Waals surface area contributed by atoms with Crippen LogP contribution < -0.4 is 4.74 Å². The second-order valence-corrected chi connectivity index (χ2v) is 5.55. The summed E-state index contributed by atoms with van der Waals surface area (Å²) in [6, 6.07) is 15.1. The highest BCUT2D eigenvalue weighted by Crippen LogP contribution is 2.21. The molecule has 0 amide bonds. The van der Waals surface area contributed by atoms with Crippen LogP contribution in [-0.4, -0.2) is 23.3 Å². The largest absolute Gasteiger partial charge is 0.496 e. The van der Waals surface area contributed by atoms with Crippen LogP contribution in [0.25, 0.3) is 17.5 Å². The van der Waals surface area contributed by atoms with Crippen molar-refractivity contribution in [1.82, 2.24) is 10.2 Å². The lowest BCUT2D eigenvalue weighted by Crippen LogP contribution is -2.01. The fourth-order valence-corrected chi connectivity index (χ4v) is 2.33. The van der Waals surface area contributed by atoms with E-state index in [1.165, 1.54) is 6.08 Å². The van der Waals surface area contributed by atoms with Crippen LogP contribution in [0.15, 0.2) is 59.0 Å². The molecule has 0 fully saturated rings. The van der Waals surface area contributed by atoms with Gasteiger partial charge in [-0.15, -0.1) is 10.2 Å². The van der Waals surface area contributed by atoms with Gasteiger partial charge in [0.05, 0.1) is 7.11 Å². The average Bonchev–Trinajstić information content (AvgIpc) is 3.14. The standard InChI is InChI=1S/C20H18N2O4/c1-14-8-10-17(24-2)16(12-14)9-11-19(23)25-13-18-21-22-20(26-18)15-6-4-3-5-7-15/h3-12H,13H2,1-2H3/b11-9+. The van der Waals surface area contributed by atoms with Crippen molar-refractivity contribution in [3.05, 3.63) is 71.6 Å². The van der Waals surface area contributed by atoms with Gasteiger partial charge in [0.25, 0.3) is 5.89 Å². The summed E-state index contributed by atoms with van der Waals surface area (Å²) in [5.74, 6) is 0.799. The molecule has 26 heavy (non-hydrogen) atoms. The van der Waals surface area contributed by atoms with E-state index in [4.69, 9.17) is 13.9 Å². The van der Waals surface area contributed by atoms with Gasteiger partial charge in [-0.3, -0.25) is 0 Å². The summed E-state index contributed by atoms with van der Waals surface area (Å²) in [6.07, 6.45) is 2.99. The van der Waals surface area contributed by atoms with Gasteiger partial charge in [0, 0.05) is 17.2 Å². The molecule has 0 saturated heterocycles. The molecule has 0 spiro atoms. The van der Waals surface area contributed by atoms with Crippen LogP contribution in [0, 0.1) is 6.92 Å². The van der Waals surface area contributed by atoms with E-state index in [0.717, 1.165) is 16.7 Å². The Balaban J connectivity index is 1.60. The summed E-state index contributed by atoms with van der Waals surface area (Å²) >= 11 is 0. The van der Waals surface area contributed by atoms with Gasteiger partial charge in [-0.2, -0.15) is 0 Å². The predicted molar refractivity (Wildman–Crippen MR) is 96.3 cm³/mol. The number of esters is 1. The van der Waals surface area contributed by atoms with Gasteiger partial charge in [0.1, 0.15) is 5.75 Å². The SMILES string of the molecule is COc1ccc(C)cc1/C=C/C(=O)OCc1nnc(-c2ccccc2)o1. The first-order chi connectivity index (χ1) is 12.7. The van der Waals surface area contributed by atoms with Crippen LogP contribution in [0.5, 0.6) is 5.75 Å². The van der Waals surface area contributed by atoms with Crippen molar-refractivity contribution < 1.29 is 18.7 Å². The number of aromatic nitrogens is 2. The molecule has 0 N–H and O–H groups in total. The summed E-state index contributed by atoms with van der Waals surface area (Å²) < 4.78 is 15.9. The molecule has 0 aliphatic heterocycles. The fraction of sp³-hybridized carbons (Fsp3) is 0.150. The van der Waals surface area contributed by atoms with Crippen molar-refractivity contribution in [3.8, 4) is 17.2 Å². The molecule has 3 aromatic rings. The summed E-state index contributed by atoms with van der Waals surface area (Å²) in [4.78, 5) is 11.9. The van der Waals surface area contributed by atoms with Crippen LogP contribution in [0.3, 0.4) is 0 Å². The summed E-state index contributed by atoms with van der Waals surface area (Å²) in [7, 11) is 1.58. The first-order valence-electron chi connectivity index (χ1n) is 8.03. The van der Waals surface area contributed by atoms with Crippen molar-refractivity contribution in [2.24, 2.45) is 0 Å². The minimum atomic E-state index is -0.506. The predicted octanol–water partition coefficient (Wildman–Crippen LogP) is 3.81. The van der Waals surface area contributed by atoms with Crippen LogP contribution in [0.4, 0.5) is 0 Å². The lowest BCUT2D eigenvalue weighted by molar-refractivity contribution is -0.139.